The number of benzene rings is 1. The van der Waals surface area contributed by atoms with E-state index in [1.165, 1.54) is 0 Å². The summed E-state index contributed by atoms with van der Waals surface area (Å²) in [6, 6.07) is 7.93. The van der Waals surface area contributed by atoms with E-state index >= 15 is 0 Å². The molecule has 1 aromatic rings. The molecule has 7 nitrogen and oxygen atoms in total. The Morgan fingerprint density at radius 2 is 2.00 bits per heavy atom. The molecule has 0 amide bonds. The van der Waals surface area contributed by atoms with Crippen molar-refractivity contribution in [2.24, 2.45) is 4.99 Å². The lowest BCUT2D eigenvalue weighted by atomic mass is 10.2. The molecule has 3 rings (SSSR count). The van der Waals surface area contributed by atoms with Crippen molar-refractivity contribution in [1.29, 1.82) is 0 Å². The third-order valence-electron chi connectivity index (χ3n) is 4.90. The number of hydrogen-bond donors (Lipinski definition) is 1. The Kier molecular flexibility index (Phi) is 6.83. The molecule has 1 aromatic carbocycles. The summed E-state index contributed by atoms with van der Waals surface area (Å²) in [4.78, 5) is 9.23. The second-order valence-electron chi connectivity index (χ2n) is 6.76. The summed E-state index contributed by atoms with van der Waals surface area (Å²) in [5.74, 6) is 1.13. The van der Waals surface area contributed by atoms with Gasteiger partial charge in [-0.1, -0.05) is 17.7 Å². The summed E-state index contributed by atoms with van der Waals surface area (Å²) in [6.07, 6.45) is 0.720. The molecule has 0 unspecified atom stereocenters. The minimum atomic E-state index is -3.05. The van der Waals surface area contributed by atoms with E-state index in [9.17, 15) is 8.42 Å². The van der Waals surface area contributed by atoms with Crippen LogP contribution in [0.1, 0.15) is 13.3 Å². The maximum Gasteiger partial charge on any atom is 0.214 e. The molecule has 27 heavy (non-hydrogen) atoms. The van der Waals surface area contributed by atoms with Crippen LogP contribution in [0.2, 0.25) is 5.02 Å². The highest BCUT2D eigenvalue weighted by Crippen LogP contribution is 2.20. The highest BCUT2D eigenvalue weighted by atomic mass is 35.5. The number of nitrogens with one attached hydrogen (secondary N) is 1. The molecule has 2 aliphatic heterocycles. The van der Waals surface area contributed by atoms with Gasteiger partial charge in [-0.15, -0.1) is 0 Å². The molecule has 2 saturated heterocycles. The summed E-state index contributed by atoms with van der Waals surface area (Å²) in [7, 11) is -3.05. The fraction of sp³-hybridized carbons (Fsp3) is 0.611. The Hall–Kier alpha value is -1.51. The lowest BCUT2D eigenvalue weighted by molar-refractivity contribution is 0.371. The van der Waals surface area contributed by atoms with Gasteiger partial charge in [0.15, 0.2) is 5.96 Å². The normalized spacial score (nSPS) is 20.9. The Morgan fingerprint density at radius 1 is 1.22 bits per heavy atom. The van der Waals surface area contributed by atoms with E-state index in [-0.39, 0.29) is 5.75 Å². The van der Waals surface area contributed by atoms with Crippen molar-refractivity contribution >= 4 is 33.3 Å². The van der Waals surface area contributed by atoms with Crippen molar-refractivity contribution < 1.29 is 8.42 Å². The van der Waals surface area contributed by atoms with Gasteiger partial charge < -0.3 is 15.1 Å². The fourth-order valence-corrected chi connectivity index (χ4v) is 5.19. The van der Waals surface area contributed by atoms with Crippen LogP contribution in [0, 0.1) is 0 Å². The average molecular weight is 414 g/mol. The third-order valence-corrected chi connectivity index (χ3v) is 7.09. The summed E-state index contributed by atoms with van der Waals surface area (Å²) in [6.45, 7) is 7.90. The van der Waals surface area contributed by atoms with Crippen LogP contribution in [-0.2, 0) is 10.0 Å². The largest absolute Gasteiger partial charge is 0.368 e. The van der Waals surface area contributed by atoms with Crippen LogP contribution >= 0.6 is 11.6 Å². The maximum absolute atomic E-state index is 11.9. The minimum Gasteiger partial charge on any atom is -0.368 e. The molecule has 2 heterocycles. The quantitative estimate of drug-likeness (QED) is 0.584. The molecule has 150 valence electrons. The first-order chi connectivity index (χ1) is 13.0. The van der Waals surface area contributed by atoms with Gasteiger partial charge in [-0.25, -0.2) is 12.7 Å². The Balaban J connectivity index is 1.56. The number of halogens is 1. The van der Waals surface area contributed by atoms with Gasteiger partial charge in [-0.2, -0.15) is 0 Å². The second-order valence-corrected chi connectivity index (χ2v) is 9.28. The molecule has 1 N–H and O–H groups in total. The van der Waals surface area contributed by atoms with E-state index in [4.69, 9.17) is 11.6 Å². The average Bonchev–Trinajstić information content (AvgIpc) is 2.99. The molecular weight excluding hydrogens is 386 g/mol. The first-order valence-corrected chi connectivity index (χ1v) is 11.5. The fourth-order valence-electron chi connectivity index (χ4n) is 3.48. The number of guanidine groups is 1. The van der Waals surface area contributed by atoms with E-state index in [2.05, 4.69) is 26.2 Å². The van der Waals surface area contributed by atoms with Crippen LogP contribution in [0.15, 0.2) is 29.3 Å². The van der Waals surface area contributed by atoms with Gasteiger partial charge in [0.2, 0.25) is 10.0 Å². The van der Waals surface area contributed by atoms with E-state index in [1.54, 1.807) is 4.31 Å². The minimum absolute atomic E-state index is 0.266. The SMILES string of the molecule is CCNC(=NCCN1CCCS1(=O)=O)N1CCN(c2cccc(Cl)c2)CC1. The van der Waals surface area contributed by atoms with Crippen molar-refractivity contribution in [3.05, 3.63) is 29.3 Å². The lowest BCUT2D eigenvalue weighted by Crippen LogP contribution is -2.52. The molecule has 0 bridgehead atoms. The first kappa shape index (κ1) is 20.2. The van der Waals surface area contributed by atoms with Crippen LogP contribution in [0.5, 0.6) is 0 Å². The molecule has 0 spiro atoms. The smallest absolute Gasteiger partial charge is 0.214 e. The van der Waals surface area contributed by atoms with Crippen LogP contribution < -0.4 is 10.2 Å². The summed E-state index contributed by atoms with van der Waals surface area (Å²) in [5.41, 5.74) is 1.14. The topological polar surface area (TPSA) is 68.2 Å². The summed E-state index contributed by atoms with van der Waals surface area (Å²) >= 11 is 6.10. The van der Waals surface area contributed by atoms with Gasteiger partial charge in [0.1, 0.15) is 0 Å². The van der Waals surface area contributed by atoms with E-state index in [0.29, 0.717) is 19.6 Å². The zero-order valence-corrected chi connectivity index (χ0v) is 17.3. The molecule has 2 fully saturated rings. The standard InChI is InChI=1S/C18H28ClN5O2S/c1-2-20-18(21-7-9-24-8-4-14-27(24,25)26)23-12-10-22(11-13-23)17-6-3-5-16(19)15-17/h3,5-6,15H,2,4,7-14H2,1H3,(H,20,21). The zero-order valence-electron chi connectivity index (χ0n) is 15.8. The molecular formula is C18H28ClN5O2S. The second kappa shape index (κ2) is 9.12. The molecule has 0 aromatic heterocycles. The Bertz CT molecular complexity index is 763. The van der Waals surface area contributed by atoms with Crippen molar-refractivity contribution in [2.45, 2.75) is 13.3 Å². The van der Waals surface area contributed by atoms with Gasteiger partial charge in [0.25, 0.3) is 0 Å². The van der Waals surface area contributed by atoms with Crippen molar-refractivity contribution in [1.82, 2.24) is 14.5 Å². The number of nitrogens with zero attached hydrogens (tertiary/aromatic N) is 4. The molecule has 0 atom stereocenters. The van der Waals surface area contributed by atoms with Crippen molar-refractivity contribution in [3.63, 3.8) is 0 Å². The Morgan fingerprint density at radius 3 is 2.63 bits per heavy atom. The molecule has 0 aliphatic carbocycles. The van der Waals surface area contributed by atoms with Crippen molar-refractivity contribution in [3.8, 4) is 0 Å². The van der Waals surface area contributed by atoms with E-state index < -0.39 is 10.0 Å². The van der Waals surface area contributed by atoms with Gasteiger partial charge in [0.05, 0.1) is 12.3 Å². The predicted molar refractivity (Wildman–Crippen MR) is 111 cm³/mol. The van der Waals surface area contributed by atoms with Crippen LogP contribution in [-0.4, -0.2) is 81.7 Å². The van der Waals surface area contributed by atoms with Crippen LogP contribution in [0.25, 0.3) is 0 Å². The van der Waals surface area contributed by atoms with Gasteiger partial charge in [-0.05, 0) is 31.5 Å². The van der Waals surface area contributed by atoms with Crippen molar-refractivity contribution in [2.75, 3.05) is 63.0 Å². The molecule has 0 radical (unpaired) electrons. The third kappa shape index (κ3) is 5.27. The summed E-state index contributed by atoms with van der Waals surface area (Å²) in [5, 5.41) is 4.08. The number of anilines is 1. The van der Waals surface area contributed by atoms with Crippen LogP contribution in [0.3, 0.4) is 0 Å². The van der Waals surface area contributed by atoms with Gasteiger partial charge in [0, 0.05) is 56.5 Å². The number of hydrogen-bond acceptors (Lipinski definition) is 4. The van der Waals surface area contributed by atoms with Gasteiger partial charge in [-0.3, -0.25) is 4.99 Å². The number of sulfonamides is 1. The predicted octanol–water partition coefficient (Wildman–Crippen LogP) is 1.46. The maximum atomic E-state index is 11.9. The molecule has 9 heteroatoms. The number of aliphatic imine (C=N–C) groups is 1. The first-order valence-electron chi connectivity index (χ1n) is 9.51. The lowest BCUT2D eigenvalue weighted by Gasteiger charge is -2.37. The molecule has 0 saturated carbocycles. The monoisotopic (exact) mass is 413 g/mol. The van der Waals surface area contributed by atoms with E-state index in [0.717, 1.165) is 55.8 Å². The Labute approximate surface area is 167 Å². The number of rotatable bonds is 5. The number of piperazine rings is 1. The summed E-state index contributed by atoms with van der Waals surface area (Å²) < 4.78 is 25.3. The molecule has 2 aliphatic rings. The van der Waals surface area contributed by atoms with E-state index in [1.807, 2.05) is 25.1 Å². The zero-order chi connectivity index (χ0) is 19.3. The highest BCUT2D eigenvalue weighted by Gasteiger charge is 2.27. The van der Waals surface area contributed by atoms with Crippen LogP contribution in [0.4, 0.5) is 5.69 Å². The highest BCUT2D eigenvalue weighted by molar-refractivity contribution is 7.89. The van der Waals surface area contributed by atoms with Gasteiger partial charge >= 0.3 is 0 Å².